The van der Waals surface area contributed by atoms with E-state index in [9.17, 15) is 18.0 Å². The summed E-state index contributed by atoms with van der Waals surface area (Å²) in [6, 6.07) is 9.84. The Bertz CT molecular complexity index is 814. The quantitative estimate of drug-likeness (QED) is 0.754. The van der Waals surface area contributed by atoms with E-state index in [4.69, 9.17) is 0 Å². The second-order valence-electron chi connectivity index (χ2n) is 6.58. The van der Waals surface area contributed by atoms with Gasteiger partial charge in [-0.25, -0.2) is 4.98 Å². The van der Waals surface area contributed by atoms with Gasteiger partial charge in [-0.3, -0.25) is 9.69 Å². The predicted octanol–water partition coefficient (Wildman–Crippen LogP) is 4.01. The Balaban J connectivity index is 1.54. The van der Waals surface area contributed by atoms with Crippen molar-refractivity contribution in [2.75, 3.05) is 42.9 Å². The number of hydrogen-bond donors (Lipinski definition) is 1. The van der Waals surface area contributed by atoms with Crippen molar-refractivity contribution in [3.05, 3.63) is 52.6 Å². The van der Waals surface area contributed by atoms with Crippen molar-refractivity contribution in [2.45, 2.75) is 12.6 Å². The van der Waals surface area contributed by atoms with Gasteiger partial charge in [-0.2, -0.15) is 13.2 Å². The third kappa shape index (κ3) is 5.68. The van der Waals surface area contributed by atoms with Crippen molar-refractivity contribution >= 4 is 33.3 Å². The van der Waals surface area contributed by atoms with Crippen LogP contribution in [0.2, 0.25) is 0 Å². The van der Waals surface area contributed by atoms with Crippen LogP contribution in [0, 0.1) is 0 Å². The molecular weight excluding hydrogens is 437 g/mol. The van der Waals surface area contributed by atoms with E-state index in [0.717, 1.165) is 35.4 Å². The van der Waals surface area contributed by atoms with Crippen LogP contribution < -0.4 is 10.2 Å². The number of carbonyl (C=O) groups is 1. The number of anilines is 2. The van der Waals surface area contributed by atoms with Gasteiger partial charge in [0.25, 0.3) is 0 Å². The second kappa shape index (κ2) is 8.91. The lowest BCUT2D eigenvalue weighted by molar-refractivity contribution is -0.137. The molecule has 1 aliphatic rings. The summed E-state index contributed by atoms with van der Waals surface area (Å²) in [5.41, 5.74) is -0.0262. The number of hydrogen-bond acceptors (Lipinski definition) is 4. The van der Waals surface area contributed by atoms with Crippen molar-refractivity contribution < 1.29 is 18.0 Å². The zero-order valence-electron chi connectivity index (χ0n) is 15.0. The lowest BCUT2D eigenvalue weighted by Crippen LogP contribution is -2.36. The molecule has 0 unspecified atom stereocenters. The molecule has 1 aromatic carbocycles. The number of carbonyl (C=O) groups excluding carboxylic acids is 1. The molecule has 5 nitrogen and oxygen atoms in total. The number of nitrogens with zero attached hydrogens (tertiary/aromatic N) is 3. The molecule has 2 aromatic rings. The summed E-state index contributed by atoms with van der Waals surface area (Å²) in [6.45, 7) is 2.92. The summed E-state index contributed by atoms with van der Waals surface area (Å²) >= 11 is 3.37. The Labute approximate surface area is 169 Å². The van der Waals surface area contributed by atoms with E-state index in [2.05, 4.69) is 26.2 Å². The molecular formula is C19H20BrF3N4O. The van der Waals surface area contributed by atoms with Gasteiger partial charge < -0.3 is 10.2 Å². The zero-order chi connectivity index (χ0) is 20.1. The largest absolute Gasteiger partial charge is 0.417 e. The molecule has 1 saturated heterocycles. The molecule has 2 heterocycles. The minimum atomic E-state index is -4.39. The molecule has 0 aliphatic carbocycles. The minimum absolute atomic E-state index is 0.0980. The smallest absolute Gasteiger partial charge is 0.355 e. The van der Waals surface area contributed by atoms with E-state index in [0.29, 0.717) is 25.5 Å². The molecule has 1 amide bonds. The molecule has 1 aliphatic heterocycles. The first-order chi connectivity index (χ1) is 13.3. The maximum atomic E-state index is 12.7. The Morgan fingerprint density at radius 2 is 1.96 bits per heavy atom. The summed E-state index contributed by atoms with van der Waals surface area (Å²) in [5, 5.41) is 2.87. The third-order valence-corrected chi connectivity index (χ3v) is 4.96. The number of halogens is 4. The zero-order valence-corrected chi connectivity index (χ0v) is 16.6. The van der Waals surface area contributed by atoms with Crippen LogP contribution in [-0.2, 0) is 11.0 Å². The van der Waals surface area contributed by atoms with Gasteiger partial charge in [0.05, 0.1) is 12.1 Å². The summed E-state index contributed by atoms with van der Waals surface area (Å²) in [6.07, 6.45) is -2.72. The number of alkyl halides is 3. The molecule has 1 N–H and O–H groups in total. The molecule has 1 fully saturated rings. The van der Waals surface area contributed by atoms with E-state index in [1.54, 1.807) is 0 Å². The van der Waals surface area contributed by atoms with E-state index in [1.807, 2.05) is 34.1 Å². The highest BCUT2D eigenvalue weighted by atomic mass is 79.9. The number of pyridine rings is 1. The van der Waals surface area contributed by atoms with Crippen LogP contribution in [0.15, 0.2) is 47.1 Å². The fraction of sp³-hybridized carbons (Fsp3) is 0.368. The van der Waals surface area contributed by atoms with Gasteiger partial charge in [-0.1, -0.05) is 22.0 Å². The molecule has 0 atom stereocenters. The van der Waals surface area contributed by atoms with Crippen molar-refractivity contribution in [3.63, 3.8) is 0 Å². The third-order valence-electron chi connectivity index (χ3n) is 4.46. The van der Waals surface area contributed by atoms with E-state index >= 15 is 0 Å². The molecule has 150 valence electrons. The number of rotatable bonds is 4. The normalized spacial score (nSPS) is 15.9. The SMILES string of the molecule is O=C(CN1CCCN(c2ccc(C(F)(F)F)cn2)CC1)Nc1cccc(Br)c1. The minimum Gasteiger partial charge on any atom is -0.355 e. The van der Waals surface area contributed by atoms with Gasteiger partial charge in [-0.05, 0) is 36.8 Å². The lowest BCUT2D eigenvalue weighted by Gasteiger charge is -2.22. The van der Waals surface area contributed by atoms with Crippen LogP contribution in [0.25, 0.3) is 0 Å². The van der Waals surface area contributed by atoms with E-state index in [-0.39, 0.29) is 12.5 Å². The molecule has 3 rings (SSSR count). The lowest BCUT2D eigenvalue weighted by atomic mass is 10.2. The Morgan fingerprint density at radius 1 is 1.14 bits per heavy atom. The number of aromatic nitrogens is 1. The predicted molar refractivity (Wildman–Crippen MR) is 105 cm³/mol. The highest BCUT2D eigenvalue weighted by Crippen LogP contribution is 2.29. The van der Waals surface area contributed by atoms with Gasteiger partial charge in [0.1, 0.15) is 5.82 Å². The first-order valence-electron chi connectivity index (χ1n) is 8.87. The van der Waals surface area contributed by atoms with Crippen LogP contribution in [0.5, 0.6) is 0 Å². The monoisotopic (exact) mass is 456 g/mol. The fourth-order valence-corrected chi connectivity index (χ4v) is 3.47. The topological polar surface area (TPSA) is 48.5 Å². The van der Waals surface area contributed by atoms with Crippen molar-refractivity contribution in [1.82, 2.24) is 9.88 Å². The summed E-state index contributed by atoms with van der Waals surface area (Å²) < 4.78 is 38.9. The standard InChI is InChI=1S/C19H20BrF3N4O/c20-15-3-1-4-16(11-15)25-18(28)13-26-7-2-8-27(10-9-26)17-6-5-14(12-24-17)19(21,22)23/h1,3-6,11-12H,2,7-10,13H2,(H,25,28). The van der Waals surface area contributed by atoms with Crippen molar-refractivity contribution in [1.29, 1.82) is 0 Å². The van der Waals surface area contributed by atoms with Crippen LogP contribution in [0.4, 0.5) is 24.7 Å². The molecule has 0 spiro atoms. The molecule has 9 heteroatoms. The maximum absolute atomic E-state index is 12.7. The number of amides is 1. The van der Waals surface area contributed by atoms with Crippen LogP contribution >= 0.6 is 15.9 Å². The van der Waals surface area contributed by atoms with Crippen LogP contribution in [0.1, 0.15) is 12.0 Å². The van der Waals surface area contributed by atoms with Crippen LogP contribution in [0.3, 0.4) is 0 Å². The highest BCUT2D eigenvalue weighted by molar-refractivity contribution is 9.10. The Hall–Kier alpha value is -2.13. The summed E-state index contributed by atoms with van der Waals surface area (Å²) in [5.74, 6) is 0.424. The average Bonchev–Trinajstić information content (AvgIpc) is 2.86. The summed E-state index contributed by atoms with van der Waals surface area (Å²) in [7, 11) is 0. The summed E-state index contributed by atoms with van der Waals surface area (Å²) in [4.78, 5) is 20.2. The highest BCUT2D eigenvalue weighted by Gasteiger charge is 2.31. The van der Waals surface area contributed by atoms with Gasteiger partial charge in [0.15, 0.2) is 0 Å². The molecule has 1 aromatic heterocycles. The molecule has 0 saturated carbocycles. The average molecular weight is 457 g/mol. The van der Waals surface area contributed by atoms with Gasteiger partial charge in [0.2, 0.25) is 5.91 Å². The number of benzene rings is 1. The van der Waals surface area contributed by atoms with Crippen molar-refractivity contribution in [2.24, 2.45) is 0 Å². The van der Waals surface area contributed by atoms with Gasteiger partial charge in [0, 0.05) is 42.5 Å². The Morgan fingerprint density at radius 3 is 2.64 bits per heavy atom. The van der Waals surface area contributed by atoms with Gasteiger partial charge in [-0.15, -0.1) is 0 Å². The van der Waals surface area contributed by atoms with E-state index in [1.165, 1.54) is 6.07 Å². The molecule has 0 bridgehead atoms. The van der Waals surface area contributed by atoms with Gasteiger partial charge >= 0.3 is 6.18 Å². The maximum Gasteiger partial charge on any atom is 0.417 e. The number of nitrogens with one attached hydrogen (secondary N) is 1. The first-order valence-corrected chi connectivity index (χ1v) is 9.66. The fourth-order valence-electron chi connectivity index (χ4n) is 3.07. The second-order valence-corrected chi connectivity index (χ2v) is 7.49. The van der Waals surface area contributed by atoms with Crippen LogP contribution in [-0.4, -0.2) is 48.5 Å². The first kappa shape index (κ1) is 20.6. The molecule has 0 radical (unpaired) electrons. The molecule has 28 heavy (non-hydrogen) atoms. The van der Waals surface area contributed by atoms with E-state index < -0.39 is 11.7 Å². The van der Waals surface area contributed by atoms with Crippen molar-refractivity contribution in [3.8, 4) is 0 Å². The Kier molecular flexibility index (Phi) is 6.56.